The minimum absolute atomic E-state index is 0.0894. The van der Waals surface area contributed by atoms with Gasteiger partial charge in [0.05, 0.1) is 12.6 Å². The number of para-hydroxylation sites is 1. The lowest BCUT2D eigenvalue weighted by molar-refractivity contribution is -0.122. The van der Waals surface area contributed by atoms with Crippen LogP contribution in [0.2, 0.25) is 0 Å². The van der Waals surface area contributed by atoms with Gasteiger partial charge < -0.3 is 10.1 Å². The molecule has 0 saturated carbocycles. The number of allylic oxidation sites excluding steroid dienone is 2. The number of hydrogen-bond acceptors (Lipinski definition) is 2. The largest absolute Gasteiger partial charge is 0.493 e. The van der Waals surface area contributed by atoms with Crippen LogP contribution in [0.4, 0.5) is 0 Å². The molecule has 3 heteroatoms. The number of benzene rings is 1. The Morgan fingerprint density at radius 2 is 2.20 bits per heavy atom. The first-order valence-electron chi connectivity index (χ1n) is 7.50. The van der Waals surface area contributed by atoms with Crippen molar-refractivity contribution < 1.29 is 9.53 Å². The van der Waals surface area contributed by atoms with E-state index in [-0.39, 0.29) is 11.9 Å². The lowest BCUT2D eigenvalue weighted by Gasteiger charge is -2.19. The van der Waals surface area contributed by atoms with Crippen molar-refractivity contribution in [2.75, 3.05) is 6.61 Å². The number of amides is 1. The van der Waals surface area contributed by atoms with Crippen molar-refractivity contribution in [2.24, 2.45) is 5.92 Å². The first-order chi connectivity index (χ1) is 9.83. The van der Waals surface area contributed by atoms with Gasteiger partial charge in [0, 0.05) is 12.0 Å². The summed E-state index contributed by atoms with van der Waals surface area (Å²) in [6.45, 7) is 0.731. The van der Waals surface area contributed by atoms with E-state index in [1.54, 1.807) is 0 Å². The Hall–Kier alpha value is -1.77. The summed E-state index contributed by atoms with van der Waals surface area (Å²) in [5, 5.41) is 3.19. The Morgan fingerprint density at radius 1 is 1.30 bits per heavy atom. The average Bonchev–Trinajstić information content (AvgIpc) is 2.87. The molecule has 1 N–H and O–H groups in total. The molecule has 3 rings (SSSR count). The van der Waals surface area contributed by atoms with E-state index < -0.39 is 0 Å². The molecule has 1 amide bonds. The summed E-state index contributed by atoms with van der Waals surface area (Å²) in [7, 11) is 0. The molecule has 1 heterocycles. The molecule has 106 valence electrons. The first-order valence-corrected chi connectivity index (χ1v) is 7.50. The second-order valence-electron chi connectivity index (χ2n) is 5.62. The zero-order valence-corrected chi connectivity index (χ0v) is 11.7. The van der Waals surface area contributed by atoms with E-state index in [0.717, 1.165) is 43.6 Å². The molecule has 0 fully saturated rings. The first kappa shape index (κ1) is 13.2. The van der Waals surface area contributed by atoms with Crippen LogP contribution in [-0.4, -0.2) is 12.5 Å². The van der Waals surface area contributed by atoms with Crippen molar-refractivity contribution >= 4 is 5.91 Å². The molecule has 2 atom stereocenters. The van der Waals surface area contributed by atoms with E-state index in [2.05, 4.69) is 23.5 Å². The van der Waals surface area contributed by atoms with Crippen molar-refractivity contribution in [2.45, 2.75) is 38.1 Å². The van der Waals surface area contributed by atoms with Gasteiger partial charge in [0.2, 0.25) is 5.91 Å². The van der Waals surface area contributed by atoms with Crippen LogP contribution >= 0.6 is 0 Å². The Kier molecular flexibility index (Phi) is 4.05. The third kappa shape index (κ3) is 3.03. The molecule has 20 heavy (non-hydrogen) atoms. The Morgan fingerprint density at radius 3 is 3.05 bits per heavy atom. The van der Waals surface area contributed by atoms with E-state index in [1.165, 1.54) is 0 Å². The van der Waals surface area contributed by atoms with Gasteiger partial charge >= 0.3 is 0 Å². The van der Waals surface area contributed by atoms with E-state index in [4.69, 9.17) is 4.74 Å². The maximum atomic E-state index is 12.2. The lowest BCUT2D eigenvalue weighted by Crippen LogP contribution is -2.29. The van der Waals surface area contributed by atoms with Gasteiger partial charge in [-0.1, -0.05) is 30.4 Å². The summed E-state index contributed by atoms with van der Waals surface area (Å²) in [4.78, 5) is 12.2. The summed E-state index contributed by atoms with van der Waals surface area (Å²) in [6.07, 6.45) is 9.09. The second kappa shape index (κ2) is 6.12. The molecule has 0 spiro atoms. The summed E-state index contributed by atoms with van der Waals surface area (Å²) in [5.41, 5.74) is 1.11. The van der Waals surface area contributed by atoms with Crippen molar-refractivity contribution in [3.8, 4) is 5.75 Å². The van der Waals surface area contributed by atoms with Crippen molar-refractivity contribution in [1.82, 2.24) is 5.32 Å². The highest BCUT2D eigenvalue weighted by atomic mass is 16.5. The van der Waals surface area contributed by atoms with Crippen LogP contribution in [0.1, 0.15) is 43.7 Å². The van der Waals surface area contributed by atoms with Crippen LogP contribution in [0, 0.1) is 5.92 Å². The number of carbonyl (C=O) groups excluding carboxylic acids is 1. The van der Waals surface area contributed by atoms with Gasteiger partial charge in [-0.05, 0) is 37.7 Å². The fraction of sp³-hybridized carbons (Fsp3) is 0.471. The molecule has 0 saturated heterocycles. The lowest BCUT2D eigenvalue weighted by atomic mass is 10.0. The van der Waals surface area contributed by atoms with Crippen LogP contribution in [0.3, 0.4) is 0 Å². The monoisotopic (exact) mass is 271 g/mol. The summed E-state index contributed by atoms with van der Waals surface area (Å²) < 4.78 is 5.73. The minimum Gasteiger partial charge on any atom is -0.493 e. The molecule has 0 radical (unpaired) electrons. The van der Waals surface area contributed by atoms with Gasteiger partial charge in [0.1, 0.15) is 5.75 Å². The maximum absolute atomic E-state index is 12.2. The number of rotatable bonds is 3. The van der Waals surface area contributed by atoms with Crippen LogP contribution in [0.15, 0.2) is 36.4 Å². The van der Waals surface area contributed by atoms with Crippen LogP contribution in [-0.2, 0) is 4.79 Å². The van der Waals surface area contributed by atoms with Crippen LogP contribution in [0.25, 0.3) is 0 Å². The van der Waals surface area contributed by atoms with Crippen molar-refractivity contribution in [3.05, 3.63) is 42.0 Å². The molecule has 0 aromatic heterocycles. The highest BCUT2D eigenvalue weighted by Crippen LogP contribution is 2.31. The highest BCUT2D eigenvalue weighted by molar-refractivity contribution is 5.77. The Labute approximate surface area is 120 Å². The summed E-state index contributed by atoms with van der Waals surface area (Å²) >= 11 is 0. The number of hydrogen-bond donors (Lipinski definition) is 1. The standard InChI is InChI=1S/C17H21NO2/c19-17(12-13-6-1-2-7-13)18-15-9-5-11-20-16-10-4-3-8-14(15)16/h1,3-4,6,8,10,13,15H,2,5,7,9,11-12H2,(H,18,19)/t13-,15+/m0/s1. The minimum atomic E-state index is 0.0894. The zero-order chi connectivity index (χ0) is 13.8. The SMILES string of the molecule is O=C(C[C@H]1C=CCC1)N[C@@H]1CCCOc2ccccc21. The van der Waals surface area contributed by atoms with Gasteiger partial charge in [-0.25, -0.2) is 0 Å². The number of nitrogens with one attached hydrogen (secondary N) is 1. The van der Waals surface area contributed by atoms with E-state index in [1.807, 2.05) is 18.2 Å². The average molecular weight is 271 g/mol. The molecule has 0 unspecified atom stereocenters. The van der Waals surface area contributed by atoms with Crippen molar-refractivity contribution in [3.63, 3.8) is 0 Å². The van der Waals surface area contributed by atoms with Gasteiger partial charge in [-0.2, -0.15) is 0 Å². The third-order valence-corrected chi connectivity index (χ3v) is 4.08. The van der Waals surface area contributed by atoms with Gasteiger partial charge in [-0.15, -0.1) is 0 Å². The maximum Gasteiger partial charge on any atom is 0.221 e. The number of ether oxygens (including phenoxy) is 1. The van der Waals surface area contributed by atoms with Gasteiger partial charge in [0.15, 0.2) is 0 Å². The van der Waals surface area contributed by atoms with Crippen LogP contribution < -0.4 is 10.1 Å². The zero-order valence-electron chi connectivity index (χ0n) is 11.7. The van der Waals surface area contributed by atoms with Crippen LogP contribution in [0.5, 0.6) is 5.75 Å². The predicted octanol–water partition coefficient (Wildman–Crippen LogP) is 3.37. The van der Waals surface area contributed by atoms with Gasteiger partial charge in [-0.3, -0.25) is 4.79 Å². The molecule has 3 nitrogen and oxygen atoms in total. The van der Waals surface area contributed by atoms with E-state index in [0.29, 0.717) is 12.3 Å². The molecule has 1 aromatic carbocycles. The van der Waals surface area contributed by atoms with E-state index in [9.17, 15) is 4.79 Å². The fourth-order valence-corrected chi connectivity index (χ4v) is 3.03. The molecular weight excluding hydrogens is 250 g/mol. The number of fused-ring (bicyclic) bond motifs is 1. The quantitative estimate of drug-likeness (QED) is 0.856. The summed E-state index contributed by atoms with van der Waals surface area (Å²) in [5.74, 6) is 1.49. The normalized spacial score (nSPS) is 24.6. The third-order valence-electron chi connectivity index (χ3n) is 4.08. The predicted molar refractivity (Wildman–Crippen MR) is 78.5 cm³/mol. The summed E-state index contributed by atoms with van der Waals surface area (Å²) in [6, 6.07) is 8.12. The smallest absolute Gasteiger partial charge is 0.221 e. The van der Waals surface area contributed by atoms with Crippen molar-refractivity contribution in [1.29, 1.82) is 0 Å². The molecule has 0 bridgehead atoms. The topological polar surface area (TPSA) is 38.3 Å². The molecule has 2 aliphatic rings. The van der Waals surface area contributed by atoms with E-state index >= 15 is 0 Å². The second-order valence-corrected chi connectivity index (χ2v) is 5.62. The number of carbonyl (C=O) groups is 1. The Balaban J connectivity index is 1.67. The molecule has 1 aliphatic heterocycles. The molecular formula is C17H21NO2. The molecule has 1 aromatic rings. The van der Waals surface area contributed by atoms with Gasteiger partial charge in [0.25, 0.3) is 0 Å². The highest BCUT2D eigenvalue weighted by Gasteiger charge is 2.22. The fourth-order valence-electron chi connectivity index (χ4n) is 3.03. The molecule has 1 aliphatic carbocycles. The Bertz CT molecular complexity index is 509.